The average molecular weight is 403 g/mol. The minimum absolute atomic E-state index is 0.154. The molecule has 30 heavy (non-hydrogen) atoms. The number of ketones is 1. The number of carbonyl (C=O) groups is 1. The highest BCUT2D eigenvalue weighted by molar-refractivity contribution is 5.94. The first kappa shape index (κ1) is 23.3. The van der Waals surface area contributed by atoms with Gasteiger partial charge in [-0.3, -0.25) is 9.78 Å². The Bertz CT molecular complexity index is 982. The molecule has 1 atom stereocenters. The highest BCUT2D eigenvalue weighted by atomic mass is 16.1. The summed E-state index contributed by atoms with van der Waals surface area (Å²) in [6, 6.07) is 10.7. The molecule has 3 nitrogen and oxygen atoms in total. The third-order valence-electron chi connectivity index (χ3n) is 5.56. The summed E-state index contributed by atoms with van der Waals surface area (Å²) in [6.45, 7) is 12.2. The third-order valence-corrected chi connectivity index (χ3v) is 5.56. The van der Waals surface area contributed by atoms with Gasteiger partial charge in [-0.25, -0.2) is 0 Å². The number of rotatable bonds is 8. The topological polar surface area (TPSA) is 33.2 Å². The molecule has 2 aromatic rings. The minimum atomic E-state index is 0.154. The number of hydrogen-bond donors (Lipinski definition) is 0. The number of likely N-dealkylation sites (N-methyl/N-ethyl adjacent to an activating group) is 1. The lowest BCUT2D eigenvalue weighted by Crippen LogP contribution is -2.22. The lowest BCUT2D eigenvalue weighted by Gasteiger charge is -2.21. The Morgan fingerprint density at radius 2 is 1.93 bits per heavy atom. The molecule has 2 rings (SSSR count). The fourth-order valence-electron chi connectivity index (χ4n) is 3.25. The molecule has 1 aromatic heterocycles. The SMILES string of the molecule is C/C=C(\C=C/C(C)N(C)/C=C(\C)C(=O)CC)c1cccnc1-c1ccc(C)c(C)c1. The predicted octanol–water partition coefficient (Wildman–Crippen LogP) is 6.53. The molecule has 0 radical (unpaired) electrons. The Hall–Kier alpha value is -2.94. The second-order valence-electron chi connectivity index (χ2n) is 7.80. The number of benzene rings is 1. The van der Waals surface area contributed by atoms with Gasteiger partial charge in [0, 0.05) is 48.6 Å². The molecule has 3 heteroatoms. The second kappa shape index (κ2) is 10.7. The molecule has 158 valence electrons. The van der Waals surface area contributed by atoms with Gasteiger partial charge in [0.2, 0.25) is 0 Å². The molecule has 0 bridgehead atoms. The van der Waals surface area contributed by atoms with Crippen molar-refractivity contribution in [3.63, 3.8) is 0 Å². The van der Waals surface area contributed by atoms with E-state index >= 15 is 0 Å². The number of hydrogen-bond acceptors (Lipinski definition) is 3. The minimum Gasteiger partial charge on any atom is -0.374 e. The van der Waals surface area contributed by atoms with E-state index in [1.165, 1.54) is 11.1 Å². The van der Waals surface area contributed by atoms with Crippen LogP contribution in [0.1, 0.15) is 50.8 Å². The van der Waals surface area contributed by atoms with Gasteiger partial charge in [-0.1, -0.05) is 43.4 Å². The smallest absolute Gasteiger partial charge is 0.159 e. The monoisotopic (exact) mass is 402 g/mol. The zero-order chi connectivity index (χ0) is 22.3. The van der Waals surface area contributed by atoms with E-state index in [1.54, 1.807) is 0 Å². The highest BCUT2D eigenvalue weighted by Crippen LogP contribution is 2.29. The summed E-state index contributed by atoms with van der Waals surface area (Å²) in [5, 5.41) is 0. The lowest BCUT2D eigenvalue weighted by atomic mass is 9.96. The van der Waals surface area contributed by atoms with Crippen LogP contribution in [0, 0.1) is 13.8 Å². The van der Waals surface area contributed by atoms with E-state index in [0.717, 1.165) is 28.0 Å². The van der Waals surface area contributed by atoms with E-state index < -0.39 is 0 Å². The number of aromatic nitrogens is 1. The van der Waals surface area contributed by atoms with Crippen LogP contribution in [0.4, 0.5) is 0 Å². The summed E-state index contributed by atoms with van der Waals surface area (Å²) in [5.74, 6) is 0.181. The summed E-state index contributed by atoms with van der Waals surface area (Å²) >= 11 is 0. The molecule has 0 spiro atoms. The van der Waals surface area contributed by atoms with Gasteiger partial charge in [0.25, 0.3) is 0 Å². The van der Waals surface area contributed by atoms with Crippen molar-refractivity contribution in [1.29, 1.82) is 0 Å². The summed E-state index contributed by atoms with van der Waals surface area (Å²) < 4.78 is 0. The van der Waals surface area contributed by atoms with Crippen LogP contribution < -0.4 is 0 Å². The van der Waals surface area contributed by atoms with Crippen LogP contribution in [0.25, 0.3) is 16.8 Å². The van der Waals surface area contributed by atoms with Crippen LogP contribution in [0.15, 0.2) is 66.5 Å². The highest BCUT2D eigenvalue weighted by Gasteiger charge is 2.11. The number of carbonyl (C=O) groups excluding carboxylic acids is 1. The van der Waals surface area contributed by atoms with Gasteiger partial charge in [-0.15, -0.1) is 0 Å². The second-order valence-corrected chi connectivity index (χ2v) is 7.80. The number of pyridine rings is 1. The van der Waals surface area contributed by atoms with Crippen molar-refractivity contribution >= 4 is 11.4 Å². The maximum absolute atomic E-state index is 11.9. The van der Waals surface area contributed by atoms with Crippen LogP contribution in [-0.2, 0) is 4.79 Å². The molecular formula is C27H34N2O. The molecular weight excluding hydrogens is 368 g/mol. The first-order valence-corrected chi connectivity index (χ1v) is 10.6. The Balaban J connectivity index is 2.31. The van der Waals surface area contributed by atoms with Gasteiger partial charge in [0.05, 0.1) is 5.69 Å². The van der Waals surface area contributed by atoms with Crippen molar-refractivity contribution < 1.29 is 4.79 Å². The van der Waals surface area contributed by atoms with Crippen molar-refractivity contribution in [1.82, 2.24) is 9.88 Å². The number of nitrogens with zero attached hydrogens (tertiary/aromatic N) is 2. The summed E-state index contributed by atoms with van der Waals surface area (Å²) in [5.41, 5.74) is 7.69. The zero-order valence-electron chi connectivity index (χ0n) is 19.4. The first-order chi connectivity index (χ1) is 14.3. The number of Topliss-reactive ketones (excluding diaryl/α,β-unsaturated/α-hetero) is 1. The molecule has 1 aromatic carbocycles. The quantitative estimate of drug-likeness (QED) is 0.372. The Morgan fingerprint density at radius 1 is 1.20 bits per heavy atom. The summed E-state index contributed by atoms with van der Waals surface area (Å²) in [7, 11) is 2.00. The van der Waals surface area contributed by atoms with Gasteiger partial charge in [-0.05, 0) is 63.5 Å². The third kappa shape index (κ3) is 5.79. The van der Waals surface area contributed by atoms with Crippen molar-refractivity contribution in [2.75, 3.05) is 7.05 Å². The van der Waals surface area contributed by atoms with E-state index in [2.05, 4.69) is 80.1 Å². The molecule has 0 aliphatic heterocycles. The van der Waals surface area contributed by atoms with E-state index in [-0.39, 0.29) is 11.8 Å². The summed E-state index contributed by atoms with van der Waals surface area (Å²) in [6.07, 6.45) is 10.7. The number of aryl methyl sites for hydroxylation is 2. The molecule has 0 saturated heterocycles. The van der Waals surface area contributed by atoms with Gasteiger partial charge >= 0.3 is 0 Å². The van der Waals surface area contributed by atoms with Gasteiger partial charge < -0.3 is 4.90 Å². The van der Waals surface area contributed by atoms with E-state index in [4.69, 9.17) is 0 Å². The van der Waals surface area contributed by atoms with E-state index in [1.807, 2.05) is 39.4 Å². The first-order valence-electron chi connectivity index (χ1n) is 10.6. The van der Waals surface area contributed by atoms with E-state index in [0.29, 0.717) is 6.42 Å². The van der Waals surface area contributed by atoms with Crippen molar-refractivity contribution in [3.05, 3.63) is 83.2 Å². The molecule has 0 saturated carbocycles. The Labute approximate surface area is 181 Å². The largest absolute Gasteiger partial charge is 0.374 e. The Kier molecular flexibility index (Phi) is 8.35. The van der Waals surface area contributed by atoms with Crippen molar-refractivity contribution in [3.8, 4) is 11.3 Å². The Morgan fingerprint density at radius 3 is 2.57 bits per heavy atom. The molecule has 0 amide bonds. The van der Waals surface area contributed by atoms with Gasteiger partial charge in [0.1, 0.15) is 0 Å². The molecule has 0 aliphatic rings. The standard InChI is InChI=1S/C27H34N2O/c1-8-23(15-13-22(6)29(7)18-21(5)26(30)9-2)25-11-10-16-28-27(25)24-14-12-19(3)20(4)17-24/h8,10-18,22H,9H2,1-7H3/b15-13-,21-18+,23-8+. The maximum Gasteiger partial charge on any atom is 0.159 e. The number of allylic oxidation sites excluding steroid dienone is 4. The van der Waals surface area contributed by atoms with E-state index in [9.17, 15) is 4.79 Å². The van der Waals surface area contributed by atoms with Crippen LogP contribution in [0.5, 0.6) is 0 Å². The zero-order valence-corrected chi connectivity index (χ0v) is 19.4. The predicted molar refractivity (Wildman–Crippen MR) is 128 cm³/mol. The van der Waals surface area contributed by atoms with Crippen LogP contribution in [0.3, 0.4) is 0 Å². The van der Waals surface area contributed by atoms with Crippen molar-refractivity contribution in [2.45, 2.75) is 54.0 Å². The normalized spacial score (nSPS) is 13.6. The molecule has 0 aliphatic carbocycles. The maximum atomic E-state index is 11.9. The molecule has 0 fully saturated rings. The van der Waals surface area contributed by atoms with Crippen LogP contribution in [0.2, 0.25) is 0 Å². The fraction of sp³-hybridized carbons (Fsp3) is 0.333. The van der Waals surface area contributed by atoms with Crippen LogP contribution >= 0.6 is 0 Å². The molecule has 1 heterocycles. The summed E-state index contributed by atoms with van der Waals surface area (Å²) in [4.78, 5) is 18.6. The van der Waals surface area contributed by atoms with Crippen molar-refractivity contribution in [2.24, 2.45) is 0 Å². The van der Waals surface area contributed by atoms with Gasteiger partial charge in [0.15, 0.2) is 5.78 Å². The molecule has 1 unspecified atom stereocenters. The molecule has 0 N–H and O–H groups in total. The fourth-order valence-corrected chi connectivity index (χ4v) is 3.25. The lowest BCUT2D eigenvalue weighted by molar-refractivity contribution is -0.115. The van der Waals surface area contributed by atoms with Gasteiger partial charge in [-0.2, -0.15) is 0 Å². The van der Waals surface area contributed by atoms with Crippen LogP contribution in [-0.4, -0.2) is 28.8 Å². The average Bonchev–Trinajstić information content (AvgIpc) is 2.75.